The van der Waals surface area contributed by atoms with Gasteiger partial charge in [-0.2, -0.15) is 5.10 Å². The smallest absolute Gasteiger partial charge is 0.271 e. The highest BCUT2D eigenvalue weighted by molar-refractivity contribution is 5.96. The van der Waals surface area contributed by atoms with Crippen LogP contribution in [0, 0.1) is 0 Å². The fraction of sp³-hybridized carbons (Fsp3) is 0.333. The Morgan fingerprint density at radius 1 is 1.03 bits per heavy atom. The van der Waals surface area contributed by atoms with Gasteiger partial charge >= 0.3 is 0 Å². The first-order valence-corrected chi connectivity index (χ1v) is 9.22. The van der Waals surface area contributed by atoms with Crippen molar-refractivity contribution in [3.8, 4) is 17.2 Å². The van der Waals surface area contributed by atoms with E-state index in [1.165, 1.54) is 21.3 Å². The Kier molecular flexibility index (Phi) is 6.91. The standard InChI is InChI=1S/C21H25N3O5/c1-26-18-12-16(13-19(27-2)20(18)28-3)21(25)23-22-14-15-4-6-17(7-5-15)24-8-10-29-11-9-24/h4-7,12-14H,8-11H2,1-3H3,(H,23,25). The van der Waals surface area contributed by atoms with Crippen molar-refractivity contribution in [2.75, 3.05) is 52.5 Å². The third-order valence-corrected chi connectivity index (χ3v) is 4.58. The second-order valence-corrected chi connectivity index (χ2v) is 6.30. The summed E-state index contributed by atoms with van der Waals surface area (Å²) in [4.78, 5) is 14.7. The molecule has 1 aliphatic rings. The summed E-state index contributed by atoms with van der Waals surface area (Å²) in [6.07, 6.45) is 1.60. The molecule has 0 saturated carbocycles. The molecular formula is C21H25N3O5. The van der Waals surface area contributed by atoms with Gasteiger partial charge in [0.1, 0.15) is 0 Å². The first kappa shape index (κ1) is 20.5. The van der Waals surface area contributed by atoms with Crippen LogP contribution in [0.1, 0.15) is 15.9 Å². The monoisotopic (exact) mass is 399 g/mol. The lowest BCUT2D eigenvalue weighted by atomic mass is 10.1. The first-order valence-electron chi connectivity index (χ1n) is 9.22. The molecule has 1 aliphatic heterocycles. The van der Waals surface area contributed by atoms with E-state index in [0.717, 1.165) is 37.6 Å². The molecule has 2 aromatic rings. The zero-order chi connectivity index (χ0) is 20.6. The average Bonchev–Trinajstić information content (AvgIpc) is 2.78. The number of rotatable bonds is 7. The quantitative estimate of drug-likeness (QED) is 0.568. The highest BCUT2D eigenvalue weighted by Gasteiger charge is 2.16. The molecule has 1 heterocycles. The van der Waals surface area contributed by atoms with Gasteiger partial charge in [0.2, 0.25) is 5.75 Å². The van der Waals surface area contributed by atoms with Gasteiger partial charge in [-0.3, -0.25) is 4.79 Å². The molecule has 3 rings (SSSR count). The Hall–Kier alpha value is -3.26. The minimum atomic E-state index is -0.384. The molecule has 1 fully saturated rings. The van der Waals surface area contributed by atoms with E-state index in [0.29, 0.717) is 22.8 Å². The fourth-order valence-corrected chi connectivity index (χ4v) is 3.03. The number of morpholine rings is 1. The number of amides is 1. The largest absolute Gasteiger partial charge is 0.493 e. The lowest BCUT2D eigenvalue weighted by Gasteiger charge is -2.28. The van der Waals surface area contributed by atoms with Gasteiger partial charge in [0.25, 0.3) is 5.91 Å². The van der Waals surface area contributed by atoms with E-state index in [1.807, 2.05) is 24.3 Å². The summed E-state index contributed by atoms with van der Waals surface area (Å²) < 4.78 is 21.2. The molecule has 2 aromatic carbocycles. The number of ether oxygens (including phenoxy) is 4. The Labute approximate surface area is 170 Å². The molecule has 1 N–H and O–H groups in total. The van der Waals surface area contributed by atoms with Crippen LogP contribution in [0.25, 0.3) is 0 Å². The molecule has 0 radical (unpaired) electrons. The number of benzene rings is 2. The number of nitrogens with zero attached hydrogens (tertiary/aromatic N) is 2. The minimum absolute atomic E-state index is 0.347. The van der Waals surface area contributed by atoms with Crippen molar-refractivity contribution in [1.82, 2.24) is 5.43 Å². The SMILES string of the molecule is COc1cc(C(=O)NN=Cc2ccc(N3CCOCC3)cc2)cc(OC)c1OC. The van der Waals surface area contributed by atoms with Crippen molar-refractivity contribution in [1.29, 1.82) is 0 Å². The Bertz CT molecular complexity index is 836. The molecule has 29 heavy (non-hydrogen) atoms. The van der Waals surface area contributed by atoms with Crippen LogP contribution < -0.4 is 24.5 Å². The topological polar surface area (TPSA) is 81.6 Å². The number of hydrogen-bond acceptors (Lipinski definition) is 7. The Balaban J connectivity index is 1.65. The molecule has 1 saturated heterocycles. The molecular weight excluding hydrogens is 374 g/mol. The van der Waals surface area contributed by atoms with Crippen LogP contribution >= 0.6 is 0 Å². The number of carbonyl (C=O) groups is 1. The van der Waals surface area contributed by atoms with E-state index in [-0.39, 0.29) is 5.91 Å². The maximum atomic E-state index is 12.4. The maximum Gasteiger partial charge on any atom is 0.271 e. The normalized spacial score (nSPS) is 14.0. The molecule has 0 aromatic heterocycles. The van der Waals surface area contributed by atoms with Gasteiger partial charge in [-0.15, -0.1) is 0 Å². The Morgan fingerprint density at radius 3 is 2.21 bits per heavy atom. The van der Waals surface area contributed by atoms with Gasteiger partial charge in [-0.05, 0) is 29.8 Å². The fourth-order valence-electron chi connectivity index (χ4n) is 3.03. The number of hydrazone groups is 1. The van der Waals surface area contributed by atoms with E-state index in [4.69, 9.17) is 18.9 Å². The lowest BCUT2D eigenvalue weighted by molar-refractivity contribution is 0.0954. The van der Waals surface area contributed by atoms with E-state index in [2.05, 4.69) is 15.4 Å². The highest BCUT2D eigenvalue weighted by atomic mass is 16.5. The van der Waals surface area contributed by atoms with Gasteiger partial charge in [0, 0.05) is 24.3 Å². The van der Waals surface area contributed by atoms with E-state index < -0.39 is 0 Å². The number of carbonyl (C=O) groups excluding carboxylic acids is 1. The van der Waals surface area contributed by atoms with Crippen LogP contribution in [0.2, 0.25) is 0 Å². The zero-order valence-electron chi connectivity index (χ0n) is 16.8. The lowest BCUT2D eigenvalue weighted by Crippen LogP contribution is -2.36. The van der Waals surface area contributed by atoms with Gasteiger partial charge in [-0.25, -0.2) is 5.43 Å². The van der Waals surface area contributed by atoms with Crippen molar-refractivity contribution in [2.24, 2.45) is 5.10 Å². The van der Waals surface area contributed by atoms with E-state index in [9.17, 15) is 4.79 Å². The Morgan fingerprint density at radius 2 is 1.66 bits per heavy atom. The summed E-state index contributed by atoms with van der Waals surface area (Å²) in [5.41, 5.74) is 4.89. The van der Waals surface area contributed by atoms with Gasteiger partial charge < -0.3 is 23.8 Å². The molecule has 0 spiro atoms. The predicted molar refractivity (Wildman–Crippen MR) is 111 cm³/mol. The van der Waals surface area contributed by atoms with Crippen molar-refractivity contribution in [3.05, 3.63) is 47.5 Å². The van der Waals surface area contributed by atoms with Gasteiger partial charge in [-0.1, -0.05) is 12.1 Å². The summed E-state index contributed by atoms with van der Waals surface area (Å²) in [5.74, 6) is 0.847. The average molecular weight is 399 g/mol. The first-order chi connectivity index (χ1) is 14.2. The molecule has 8 heteroatoms. The van der Waals surface area contributed by atoms with Crippen LogP contribution in [0.4, 0.5) is 5.69 Å². The molecule has 0 bridgehead atoms. The maximum absolute atomic E-state index is 12.4. The van der Waals surface area contributed by atoms with Gasteiger partial charge in [0.15, 0.2) is 11.5 Å². The van der Waals surface area contributed by atoms with Crippen LogP contribution in [0.15, 0.2) is 41.5 Å². The number of hydrogen-bond donors (Lipinski definition) is 1. The molecule has 0 unspecified atom stereocenters. The molecule has 1 amide bonds. The summed E-state index contributed by atoms with van der Waals surface area (Å²) in [6, 6.07) is 11.1. The molecule has 154 valence electrons. The molecule has 0 atom stereocenters. The van der Waals surface area contributed by atoms with Crippen molar-refractivity contribution >= 4 is 17.8 Å². The summed E-state index contributed by atoms with van der Waals surface area (Å²) in [5, 5.41) is 4.04. The summed E-state index contributed by atoms with van der Waals surface area (Å²) >= 11 is 0. The summed E-state index contributed by atoms with van der Waals surface area (Å²) in [6.45, 7) is 3.27. The second kappa shape index (κ2) is 9.79. The van der Waals surface area contributed by atoms with Gasteiger partial charge in [0.05, 0.1) is 40.8 Å². The van der Waals surface area contributed by atoms with E-state index in [1.54, 1.807) is 18.3 Å². The van der Waals surface area contributed by atoms with Crippen molar-refractivity contribution in [2.45, 2.75) is 0 Å². The zero-order valence-corrected chi connectivity index (χ0v) is 16.8. The number of nitrogens with one attached hydrogen (secondary N) is 1. The molecule has 0 aliphatic carbocycles. The van der Waals surface area contributed by atoms with Crippen LogP contribution in [0.5, 0.6) is 17.2 Å². The van der Waals surface area contributed by atoms with E-state index >= 15 is 0 Å². The molecule has 8 nitrogen and oxygen atoms in total. The van der Waals surface area contributed by atoms with Crippen molar-refractivity contribution in [3.63, 3.8) is 0 Å². The predicted octanol–water partition coefficient (Wildman–Crippen LogP) is 2.31. The number of anilines is 1. The minimum Gasteiger partial charge on any atom is -0.493 e. The van der Waals surface area contributed by atoms with Crippen molar-refractivity contribution < 1.29 is 23.7 Å². The highest BCUT2D eigenvalue weighted by Crippen LogP contribution is 2.38. The van der Waals surface area contributed by atoms with Crippen LogP contribution in [0.3, 0.4) is 0 Å². The number of methoxy groups -OCH3 is 3. The third-order valence-electron chi connectivity index (χ3n) is 4.58. The third kappa shape index (κ3) is 4.97. The van der Waals surface area contributed by atoms with Crippen LogP contribution in [-0.4, -0.2) is 59.8 Å². The van der Waals surface area contributed by atoms with Crippen LogP contribution in [-0.2, 0) is 4.74 Å². The second-order valence-electron chi connectivity index (χ2n) is 6.30. The summed E-state index contributed by atoms with van der Waals surface area (Å²) in [7, 11) is 4.50.